The van der Waals surface area contributed by atoms with Crippen molar-refractivity contribution in [1.82, 2.24) is 4.90 Å². The number of anilines is 1. The number of amides is 2. The number of halogens is 1. The Labute approximate surface area is 159 Å². The van der Waals surface area contributed by atoms with Crippen LogP contribution < -0.4 is 4.90 Å². The van der Waals surface area contributed by atoms with Gasteiger partial charge in [0.25, 0.3) is 11.8 Å². The first-order chi connectivity index (χ1) is 12.0. The van der Waals surface area contributed by atoms with Gasteiger partial charge in [0, 0.05) is 6.54 Å². The maximum Gasteiger partial charge on any atom is 0.270 e. The van der Waals surface area contributed by atoms with Crippen molar-refractivity contribution in [3.05, 3.63) is 58.5 Å². The second-order valence-corrected chi connectivity index (χ2v) is 6.56. The molecule has 1 fully saturated rings. The molecule has 2 aromatic rings. The molecule has 5 nitrogen and oxygen atoms in total. The van der Waals surface area contributed by atoms with Gasteiger partial charge in [0.15, 0.2) is 9.78 Å². The minimum absolute atomic E-state index is 0.0211. The lowest BCUT2D eigenvalue weighted by molar-refractivity contribution is -0.127. The number of rotatable bonds is 4. The SMILES string of the molecule is CCCN1C(=O)/C(=C\c2ccc(Br)o2)C(=O)N(c2ccccc2)C1=S. The number of furan rings is 1. The molecule has 1 saturated heterocycles. The first-order valence-corrected chi connectivity index (χ1v) is 8.95. The molecule has 7 heteroatoms. The Balaban J connectivity index is 2.08. The van der Waals surface area contributed by atoms with Crippen LogP contribution in [-0.2, 0) is 9.59 Å². The smallest absolute Gasteiger partial charge is 0.270 e. The van der Waals surface area contributed by atoms with Gasteiger partial charge in [-0.1, -0.05) is 25.1 Å². The van der Waals surface area contributed by atoms with Gasteiger partial charge >= 0.3 is 0 Å². The molecule has 0 bridgehead atoms. The normalized spacial score (nSPS) is 16.9. The molecule has 1 aromatic heterocycles. The molecule has 0 atom stereocenters. The fraction of sp³-hybridized carbons (Fsp3) is 0.167. The molecular weight excluding hydrogens is 404 g/mol. The number of hydrogen-bond acceptors (Lipinski definition) is 4. The van der Waals surface area contributed by atoms with Crippen LogP contribution in [0.4, 0.5) is 5.69 Å². The number of para-hydroxylation sites is 1. The number of carbonyl (C=O) groups excluding carboxylic acids is 2. The van der Waals surface area contributed by atoms with Crippen LogP contribution in [0.2, 0.25) is 0 Å². The van der Waals surface area contributed by atoms with Gasteiger partial charge in [0.05, 0.1) is 5.69 Å². The van der Waals surface area contributed by atoms with Crippen LogP contribution in [0.15, 0.2) is 57.1 Å². The van der Waals surface area contributed by atoms with E-state index < -0.39 is 11.8 Å². The van der Waals surface area contributed by atoms with Crippen LogP contribution in [-0.4, -0.2) is 28.4 Å². The summed E-state index contributed by atoms with van der Waals surface area (Å²) in [5, 5.41) is 0.195. The predicted molar refractivity (Wildman–Crippen MR) is 103 cm³/mol. The molecule has 25 heavy (non-hydrogen) atoms. The molecule has 2 amide bonds. The Morgan fingerprint density at radius 2 is 1.84 bits per heavy atom. The highest BCUT2D eigenvalue weighted by molar-refractivity contribution is 9.10. The molecule has 1 aliphatic rings. The van der Waals surface area contributed by atoms with Gasteiger partial charge in [-0.3, -0.25) is 19.4 Å². The van der Waals surface area contributed by atoms with Crippen molar-refractivity contribution in [2.45, 2.75) is 13.3 Å². The Hall–Kier alpha value is -2.25. The molecule has 0 radical (unpaired) electrons. The van der Waals surface area contributed by atoms with Gasteiger partial charge in [-0.2, -0.15) is 0 Å². The van der Waals surface area contributed by atoms with E-state index in [0.29, 0.717) is 22.7 Å². The Morgan fingerprint density at radius 1 is 1.12 bits per heavy atom. The van der Waals surface area contributed by atoms with Crippen LogP contribution in [0.25, 0.3) is 6.08 Å². The van der Waals surface area contributed by atoms with Crippen LogP contribution in [0.1, 0.15) is 19.1 Å². The van der Waals surface area contributed by atoms with E-state index in [1.807, 2.05) is 25.1 Å². The molecule has 2 heterocycles. The fourth-order valence-corrected chi connectivity index (χ4v) is 3.23. The first-order valence-electron chi connectivity index (χ1n) is 7.75. The molecule has 3 rings (SSSR count). The third kappa shape index (κ3) is 3.43. The third-order valence-corrected chi connectivity index (χ3v) is 4.50. The molecule has 1 aromatic carbocycles. The number of nitrogens with zero attached hydrogens (tertiary/aromatic N) is 2. The van der Waals surface area contributed by atoms with Crippen molar-refractivity contribution < 1.29 is 14.0 Å². The summed E-state index contributed by atoms with van der Waals surface area (Å²) >= 11 is 8.64. The molecule has 0 N–H and O–H groups in total. The average molecular weight is 419 g/mol. The topological polar surface area (TPSA) is 53.8 Å². The molecule has 1 aliphatic heterocycles. The number of hydrogen-bond donors (Lipinski definition) is 0. The van der Waals surface area contributed by atoms with E-state index in [2.05, 4.69) is 15.9 Å². The summed E-state index contributed by atoms with van der Waals surface area (Å²) in [6.45, 7) is 2.39. The summed E-state index contributed by atoms with van der Waals surface area (Å²) in [6.07, 6.45) is 2.18. The lowest BCUT2D eigenvalue weighted by atomic mass is 10.1. The van der Waals surface area contributed by atoms with E-state index in [1.54, 1.807) is 24.3 Å². The number of benzene rings is 1. The lowest BCUT2D eigenvalue weighted by Gasteiger charge is -2.36. The highest BCUT2D eigenvalue weighted by atomic mass is 79.9. The zero-order chi connectivity index (χ0) is 18.0. The maximum absolute atomic E-state index is 13.0. The van der Waals surface area contributed by atoms with Crippen molar-refractivity contribution in [2.24, 2.45) is 0 Å². The summed E-state index contributed by atoms with van der Waals surface area (Å²) in [6, 6.07) is 12.4. The Bertz CT molecular complexity index is 860. The summed E-state index contributed by atoms with van der Waals surface area (Å²) in [4.78, 5) is 28.6. The van der Waals surface area contributed by atoms with Crippen molar-refractivity contribution in [3.8, 4) is 0 Å². The lowest BCUT2D eigenvalue weighted by Crippen LogP contribution is -2.56. The van der Waals surface area contributed by atoms with E-state index in [4.69, 9.17) is 16.6 Å². The van der Waals surface area contributed by atoms with Crippen molar-refractivity contribution >= 4 is 56.8 Å². The number of carbonyl (C=O) groups is 2. The summed E-state index contributed by atoms with van der Waals surface area (Å²) in [7, 11) is 0. The summed E-state index contributed by atoms with van der Waals surface area (Å²) in [5.41, 5.74) is 0.644. The summed E-state index contributed by atoms with van der Waals surface area (Å²) < 4.78 is 5.94. The molecule has 128 valence electrons. The van der Waals surface area contributed by atoms with Crippen molar-refractivity contribution in [2.75, 3.05) is 11.4 Å². The molecule has 0 spiro atoms. The van der Waals surface area contributed by atoms with Gasteiger partial charge in [-0.05, 0) is 64.9 Å². The molecule has 0 unspecified atom stereocenters. The van der Waals surface area contributed by atoms with Gasteiger partial charge in [-0.15, -0.1) is 0 Å². The van der Waals surface area contributed by atoms with Crippen LogP contribution in [0.3, 0.4) is 0 Å². The highest BCUT2D eigenvalue weighted by Gasteiger charge is 2.40. The van der Waals surface area contributed by atoms with Gasteiger partial charge in [0.1, 0.15) is 11.3 Å². The second kappa shape index (κ2) is 7.33. The Kier molecular flexibility index (Phi) is 5.15. The quantitative estimate of drug-likeness (QED) is 0.427. The minimum atomic E-state index is -0.457. The zero-order valence-electron chi connectivity index (χ0n) is 13.4. The zero-order valence-corrected chi connectivity index (χ0v) is 15.8. The van der Waals surface area contributed by atoms with E-state index >= 15 is 0 Å². The third-order valence-electron chi connectivity index (χ3n) is 3.67. The fourth-order valence-electron chi connectivity index (χ4n) is 2.55. The minimum Gasteiger partial charge on any atom is -0.450 e. The van der Waals surface area contributed by atoms with E-state index in [1.165, 1.54) is 15.9 Å². The van der Waals surface area contributed by atoms with Crippen molar-refractivity contribution in [1.29, 1.82) is 0 Å². The van der Waals surface area contributed by atoms with Crippen molar-refractivity contribution in [3.63, 3.8) is 0 Å². The predicted octanol–water partition coefficient (Wildman–Crippen LogP) is 4.00. The van der Waals surface area contributed by atoms with E-state index in [0.717, 1.165) is 6.42 Å². The largest absolute Gasteiger partial charge is 0.450 e. The van der Waals surface area contributed by atoms with Gasteiger partial charge in [-0.25, -0.2) is 0 Å². The van der Waals surface area contributed by atoms with E-state index in [9.17, 15) is 9.59 Å². The van der Waals surface area contributed by atoms with E-state index in [-0.39, 0.29) is 10.7 Å². The second-order valence-electron chi connectivity index (χ2n) is 5.42. The van der Waals surface area contributed by atoms with Gasteiger partial charge < -0.3 is 4.42 Å². The molecule has 0 aliphatic carbocycles. The molecular formula is C18H15BrN2O3S. The standard InChI is InChI=1S/C18H15BrN2O3S/c1-2-10-20-16(22)14(11-13-8-9-15(19)24-13)17(23)21(18(20)25)12-6-4-3-5-7-12/h3-9,11H,2,10H2,1H3/b14-11+. The highest BCUT2D eigenvalue weighted by Crippen LogP contribution is 2.27. The first kappa shape index (κ1) is 17.6. The number of thiocarbonyl (C=S) groups is 1. The van der Waals surface area contributed by atoms with Crippen LogP contribution in [0.5, 0.6) is 0 Å². The van der Waals surface area contributed by atoms with Crippen LogP contribution in [0, 0.1) is 0 Å². The molecule has 0 saturated carbocycles. The average Bonchev–Trinajstić information content (AvgIpc) is 3.02. The van der Waals surface area contributed by atoms with Crippen LogP contribution >= 0.6 is 28.1 Å². The van der Waals surface area contributed by atoms with Gasteiger partial charge in [0.2, 0.25) is 0 Å². The maximum atomic E-state index is 13.0. The monoisotopic (exact) mass is 418 g/mol. The Morgan fingerprint density at radius 3 is 2.44 bits per heavy atom. The summed E-state index contributed by atoms with van der Waals surface area (Å²) in [5.74, 6) is -0.446.